The first-order valence-corrected chi connectivity index (χ1v) is 10.7. The Bertz CT molecular complexity index is 994. The minimum atomic E-state index is -3.63. The summed E-state index contributed by atoms with van der Waals surface area (Å²) in [5, 5.41) is 0. The first-order valence-electron chi connectivity index (χ1n) is 9.25. The van der Waals surface area contributed by atoms with Crippen LogP contribution in [0.15, 0.2) is 77.8 Å². The van der Waals surface area contributed by atoms with Crippen molar-refractivity contribution in [1.82, 2.24) is 8.87 Å². The van der Waals surface area contributed by atoms with E-state index in [1.165, 1.54) is 9.87 Å². The summed E-state index contributed by atoms with van der Waals surface area (Å²) in [7, 11) is -2.07. The van der Waals surface area contributed by atoms with Gasteiger partial charge in [0.1, 0.15) is 5.75 Å². The van der Waals surface area contributed by atoms with E-state index in [2.05, 4.69) is 16.7 Å². The van der Waals surface area contributed by atoms with E-state index in [0.717, 1.165) is 5.69 Å². The van der Waals surface area contributed by atoms with Crippen LogP contribution in [-0.4, -0.2) is 30.4 Å². The number of methoxy groups -OCH3 is 1. The van der Waals surface area contributed by atoms with Gasteiger partial charge in [0.05, 0.1) is 18.6 Å². The molecule has 0 aliphatic carbocycles. The second kappa shape index (κ2) is 8.63. The Labute approximate surface area is 167 Å². The summed E-state index contributed by atoms with van der Waals surface area (Å²) >= 11 is 0. The molecule has 0 unspecified atom stereocenters. The smallest absolute Gasteiger partial charge is 0.243 e. The van der Waals surface area contributed by atoms with Crippen molar-refractivity contribution in [3.8, 4) is 5.75 Å². The molecule has 1 heterocycles. The van der Waals surface area contributed by atoms with E-state index in [0.29, 0.717) is 18.8 Å². The van der Waals surface area contributed by atoms with Gasteiger partial charge in [0, 0.05) is 24.5 Å². The lowest BCUT2D eigenvalue weighted by Crippen LogP contribution is -2.37. The molecule has 0 fully saturated rings. The third-order valence-electron chi connectivity index (χ3n) is 4.68. The Hall–Kier alpha value is -2.57. The molecular weight excluding hydrogens is 372 g/mol. The molecule has 5 nitrogen and oxygen atoms in total. The van der Waals surface area contributed by atoms with Crippen LogP contribution in [0.1, 0.15) is 25.1 Å². The van der Waals surface area contributed by atoms with E-state index in [-0.39, 0.29) is 10.9 Å². The molecule has 0 aliphatic heterocycles. The molecule has 0 atom stereocenters. The van der Waals surface area contributed by atoms with Gasteiger partial charge in [0.15, 0.2) is 0 Å². The van der Waals surface area contributed by atoms with Crippen LogP contribution in [0.25, 0.3) is 0 Å². The maximum atomic E-state index is 13.2. The van der Waals surface area contributed by atoms with Crippen molar-refractivity contribution in [3.63, 3.8) is 0 Å². The quantitative estimate of drug-likeness (QED) is 0.573. The number of benzene rings is 2. The van der Waals surface area contributed by atoms with Gasteiger partial charge in [0.2, 0.25) is 10.0 Å². The maximum Gasteiger partial charge on any atom is 0.243 e. The first-order chi connectivity index (χ1) is 13.4. The number of hydrogen-bond acceptors (Lipinski definition) is 3. The third kappa shape index (κ3) is 4.46. The monoisotopic (exact) mass is 398 g/mol. The summed E-state index contributed by atoms with van der Waals surface area (Å²) in [5.41, 5.74) is 2.13. The van der Waals surface area contributed by atoms with E-state index in [4.69, 9.17) is 4.74 Å². The van der Waals surface area contributed by atoms with E-state index < -0.39 is 10.0 Å². The number of rotatable bonds is 8. The molecule has 0 bridgehead atoms. The topological polar surface area (TPSA) is 51.5 Å². The zero-order valence-electron chi connectivity index (χ0n) is 16.4. The normalized spacial score (nSPS) is 11.9. The summed E-state index contributed by atoms with van der Waals surface area (Å²) in [6.07, 6.45) is 1.99. The van der Waals surface area contributed by atoms with Crippen molar-refractivity contribution in [1.29, 1.82) is 0 Å². The highest BCUT2D eigenvalue weighted by Crippen LogP contribution is 2.23. The second-order valence-electron chi connectivity index (χ2n) is 6.93. The summed E-state index contributed by atoms with van der Waals surface area (Å²) in [6, 6.07) is 20.4. The van der Waals surface area contributed by atoms with E-state index >= 15 is 0 Å². The predicted molar refractivity (Wildman–Crippen MR) is 111 cm³/mol. The lowest BCUT2D eigenvalue weighted by molar-refractivity contribution is 0.340. The molecule has 0 saturated carbocycles. The van der Waals surface area contributed by atoms with Crippen LogP contribution in [0.4, 0.5) is 0 Å². The highest BCUT2D eigenvalue weighted by Gasteiger charge is 2.28. The fraction of sp³-hybridized carbons (Fsp3) is 0.273. The van der Waals surface area contributed by atoms with E-state index in [9.17, 15) is 8.42 Å². The van der Waals surface area contributed by atoms with Gasteiger partial charge >= 0.3 is 0 Å². The van der Waals surface area contributed by atoms with Crippen LogP contribution >= 0.6 is 0 Å². The molecule has 148 valence electrons. The predicted octanol–water partition coefficient (Wildman–Crippen LogP) is 4.14. The number of hydrogen-bond donors (Lipinski definition) is 0. The number of sulfonamides is 1. The minimum absolute atomic E-state index is 0.174. The van der Waals surface area contributed by atoms with Gasteiger partial charge in [-0.1, -0.05) is 30.3 Å². The highest BCUT2D eigenvalue weighted by molar-refractivity contribution is 7.89. The van der Waals surface area contributed by atoms with Crippen molar-refractivity contribution in [3.05, 3.63) is 84.2 Å². The molecule has 3 aromatic rings. The fourth-order valence-corrected chi connectivity index (χ4v) is 4.72. The molecule has 0 saturated heterocycles. The molecule has 6 heteroatoms. The van der Waals surface area contributed by atoms with Gasteiger partial charge in [-0.25, -0.2) is 8.42 Å². The highest BCUT2D eigenvalue weighted by atomic mass is 32.2. The van der Waals surface area contributed by atoms with Crippen molar-refractivity contribution in [2.24, 2.45) is 0 Å². The Morgan fingerprint density at radius 1 is 0.964 bits per heavy atom. The van der Waals surface area contributed by atoms with Gasteiger partial charge in [-0.3, -0.25) is 0 Å². The molecule has 1 aromatic heterocycles. The summed E-state index contributed by atoms with van der Waals surface area (Å²) in [5.74, 6) is 0.631. The molecule has 3 rings (SSSR count). The molecular formula is C22H26N2O3S. The Balaban J connectivity index is 1.87. The molecule has 2 aromatic carbocycles. The summed E-state index contributed by atoms with van der Waals surface area (Å²) in [6.45, 7) is 4.81. The van der Waals surface area contributed by atoms with Gasteiger partial charge in [-0.15, -0.1) is 0 Å². The van der Waals surface area contributed by atoms with Gasteiger partial charge in [-0.2, -0.15) is 4.31 Å². The molecule has 0 N–H and O–H groups in total. The van der Waals surface area contributed by atoms with Gasteiger partial charge in [-0.05, 0) is 55.8 Å². The van der Waals surface area contributed by atoms with Crippen molar-refractivity contribution in [2.45, 2.75) is 37.9 Å². The zero-order chi connectivity index (χ0) is 20.1. The van der Waals surface area contributed by atoms with Crippen LogP contribution in [0.5, 0.6) is 5.75 Å². The molecule has 0 aliphatic rings. The second-order valence-corrected chi connectivity index (χ2v) is 8.82. The maximum absolute atomic E-state index is 13.2. The lowest BCUT2D eigenvalue weighted by atomic mass is 10.2. The Morgan fingerprint density at radius 3 is 2.25 bits per heavy atom. The average molecular weight is 399 g/mol. The largest absolute Gasteiger partial charge is 0.497 e. The van der Waals surface area contributed by atoms with Crippen LogP contribution in [0, 0.1) is 0 Å². The van der Waals surface area contributed by atoms with Gasteiger partial charge in [0.25, 0.3) is 0 Å². The van der Waals surface area contributed by atoms with Crippen LogP contribution in [0.3, 0.4) is 0 Å². The number of aromatic nitrogens is 1. The summed E-state index contributed by atoms with van der Waals surface area (Å²) < 4.78 is 35.3. The molecule has 28 heavy (non-hydrogen) atoms. The average Bonchev–Trinajstić information content (AvgIpc) is 3.13. The van der Waals surface area contributed by atoms with E-state index in [1.54, 1.807) is 31.4 Å². The van der Waals surface area contributed by atoms with Crippen LogP contribution in [0.2, 0.25) is 0 Å². The van der Waals surface area contributed by atoms with Crippen molar-refractivity contribution in [2.75, 3.05) is 7.11 Å². The van der Waals surface area contributed by atoms with Crippen molar-refractivity contribution >= 4 is 10.0 Å². The van der Waals surface area contributed by atoms with E-state index in [1.807, 2.05) is 50.4 Å². The fourth-order valence-electron chi connectivity index (χ4n) is 3.12. The third-order valence-corrected chi connectivity index (χ3v) is 6.72. The van der Waals surface area contributed by atoms with Crippen molar-refractivity contribution < 1.29 is 13.2 Å². The first kappa shape index (κ1) is 20.2. The SMILES string of the molecule is COc1ccc(S(=O)(=O)N(Cc2cccn2Cc2ccccc2)C(C)C)cc1. The molecule has 0 amide bonds. The number of nitrogens with zero attached hydrogens (tertiary/aromatic N) is 2. The van der Waals surface area contributed by atoms with Crippen LogP contribution in [-0.2, 0) is 23.1 Å². The zero-order valence-corrected chi connectivity index (χ0v) is 17.3. The summed E-state index contributed by atoms with van der Waals surface area (Å²) in [4.78, 5) is 0.267. The standard InChI is InChI=1S/C22H26N2O3S/c1-18(2)24(28(25,26)22-13-11-21(27-3)12-14-22)17-20-10-7-15-23(20)16-19-8-5-4-6-9-19/h4-15,18H,16-17H2,1-3H3. The molecule has 0 radical (unpaired) electrons. The minimum Gasteiger partial charge on any atom is -0.497 e. The number of ether oxygens (including phenoxy) is 1. The lowest BCUT2D eigenvalue weighted by Gasteiger charge is -2.26. The Kier molecular flexibility index (Phi) is 6.21. The van der Waals surface area contributed by atoms with Crippen LogP contribution < -0.4 is 4.74 Å². The Morgan fingerprint density at radius 2 is 1.64 bits per heavy atom. The van der Waals surface area contributed by atoms with Gasteiger partial charge < -0.3 is 9.30 Å². The molecule has 0 spiro atoms.